The Balaban J connectivity index is 1.28. The highest BCUT2D eigenvalue weighted by molar-refractivity contribution is 7.14. The molecule has 228 valence electrons. The van der Waals surface area contributed by atoms with E-state index in [0.717, 1.165) is 23.5 Å². The van der Waals surface area contributed by atoms with Crippen molar-refractivity contribution in [3.8, 4) is 16.3 Å². The normalized spacial score (nSPS) is 25.5. The number of alkyl halides is 1. The highest BCUT2D eigenvalue weighted by Gasteiger charge is 2.51. The molecule has 1 atom stereocenters. The van der Waals surface area contributed by atoms with Crippen LogP contribution in [0, 0.1) is 17.6 Å². The maximum absolute atomic E-state index is 14.4. The molecule has 14 heteroatoms. The van der Waals surface area contributed by atoms with Crippen LogP contribution in [-0.4, -0.2) is 80.1 Å². The predicted octanol–water partition coefficient (Wildman–Crippen LogP) is 3.44. The number of likely N-dealkylation sites (tertiary alicyclic amines) is 1. The zero-order chi connectivity index (χ0) is 30.8. The van der Waals surface area contributed by atoms with Gasteiger partial charge in [0.2, 0.25) is 11.3 Å². The number of carbonyl (C=O) groups is 2. The SMILES string of the molecule is CN1C(=O)c2c(O)c(=O)c(-c3nnc(Cc4ccc(F)cc4F)s3)cn2N(C)C12CCC(C(=O)N1CCC(C)(F)C1)CC2. The Morgan fingerprint density at radius 1 is 1.14 bits per heavy atom. The molecule has 4 heterocycles. The number of rotatable bonds is 4. The Bertz CT molecular complexity index is 1680. The van der Waals surface area contributed by atoms with Crippen LogP contribution < -0.4 is 10.4 Å². The van der Waals surface area contributed by atoms with Gasteiger partial charge in [0.25, 0.3) is 5.91 Å². The highest BCUT2D eigenvalue weighted by atomic mass is 32.1. The number of hydrogen-bond donors (Lipinski definition) is 1. The summed E-state index contributed by atoms with van der Waals surface area (Å²) in [5.74, 6) is -3.06. The number of amides is 2. The maximum Gasteiger partial charge on any atom is 0.278 e. The fourth-order valence-corrected chi connectivity index (χ4v) is 7.43. The molecule has 2 aromatic heterocycles. The van der Waals surface area contributed by atoms with Gasteiger partial charge in [-0.15, -0.1) is 10.2 Å². The second-order valence-corrected chi connectivity index (χ2v) is 13.0. The van der Waals surface area contributed by atoms with Gasteiger partial charge in [-0.25, -0.2) is 13.2 Å². The second-order valence-electron chi connectivity index (χ2n) is 11.9. The van der Waals surface area contributed by atoms with E-state index >= 15 is 0 Å². The van der Waals surface area contributed by atoms with Gasteiger partial charge in [-0.3, -0.25) is 24.1 Å². The smallest absolute Gasteiger partial charge is 0.278 e. The van der Waals surface area contributed by atoms with E-state index in [1.54, 1.807) is 24.0 Å². The zero-order valence-electron chi connectivity index (χ0n) is 23.9. The number of halogens is 3. The molecule has 1 N–H and O–H groups in total. The first kappa shape index (κ1) is 29.1. The Kier molecular flexibility index (Phi) is 7.02. The van der Waals surface area contributed by atoms with Crippen LogP contribution in [0.3, 0.4) is 0 Å². The Hall–Kier alpha value is -3.94. The molecule has 10 nitrogen and oxygen atoms in total. The molecule has 1 aliphatic carbocycles. The van der Waals surface area contributed by atoms with Crippen LogP contribution in [0.5, 0.6) is 5.75 Å². The van der Waals surface area contributed by atoms with Gasteiger partial charge in [0.1, 0.15) is 28.0 Å². The zero-order valence-corrected chi connectivity index (χ0v) is 24.8. The summed E-state index contributed by atoms with van der Waals surface area (Å²) in [5.41, 5.74) is -3.00. The monoisotopic (exact) mass is 616 g/mol. The number of pyridine rings is 1. The first-order valence-corrected chi connectivity index (χ1v) is 14.9. The molecule has 1 spiro atoms. The summed E-state index contributed by atoms with van der Waals surface area (Å²) in [4.78, 5) is 43.1. The lowest BCUT2D eigenvalue weighted by molar-refractivity contribution is -0.137. The first-order valence-electron chi connectivity index (χ1n) is 14.1. The number of hydrogen-bond acceptors (Lipinski definition) is 8. The van der Waals surface area contributed by atoms with E-state index in [-0.39, 0.29) is 46.6 Å². The van der Waals surface area contributed by atoms with Crippen molar-refractivity contribution < 1.29 is 27.9 Å². The third-order valence-corrected chi connectivity index (χ3v) is 10.1. The predicted molar refractivity (Wildman–Crippen MR) is 152 cm³/mol. The van der Waals surface area contributed by atoms with Crippen LogP contribution in [0.4, 0.5) is 13.2 Å². The van der Waals surface area contributed by atoms with Crippen molar-refractivity contribution in [3.05, 3.63) is 62.5 Å². The van der Waals surface area contributed by atoms with Gasteiger partial charge in [0.15, 0.2) is 16.5 Å². The quantitative estimate of drug-likeness (QED) is 0.478. The van der Waals surface area contributed by atoms with Crippen molar-refractivity contribution in [1.29, 1.82) is 0 Å². The van der Waals surface area contributed by atoms with Crippen LogP contribution in [0.1, 0.15) is 60.1 Å². The molecule has 43 heavy (non-hydrogen) atoms. The van der Waals surface area contributed by atoms with E-state index in [1.165, 1.54) is 28.8 Å². The van der Waals surface area contributed by atoms with Crippen molar-refractivity contribution in [2.75, 3.05) is 32.2 Å². The van der Waals surface area contributed by atoms with Gasteiger partial charge in [-0.2, -0.15) is 0 Å². The van der Waals surface area contributed by atoms with E-state index in [2.05, 4.69) is 10.2 Å². The molecule has 3 aromatic rings. The van der Waals surface area contributed by atoms with E-state index in [0.29, 0.717) is 43.7 Å². The number of aromatic hydroxyl groups is 1. The standard InChI is InChI=1S/C29H31F3N6O4S/c1-28(32)10-11-37(15-28)26(41)16-6-8-29(9-7-16)35(2)27(42)22-24(40)23(39)19(14-38(22)36(29)3)25-34-33-21(43-25)12-17-4-5-18(30)13-20(17)31/h4-5,13-14,16,40H,6-12,15H2,1-3H3. The molecule has 2 amide bonds. The Morgan fingerprint density at radius 3 is 2.51 bits per heavy atom. The van der Waals surface area contributed by atoms with Crippen LogP contribution >= 0.6 is 11.3 Å². The molecule has 1 aromatic carbocycles. The summed E-state index contributed by atoms with van der Waals surface area (Å²) < 4.78 is 43.3. The molecule has 1 saturated carbocycles. The largest absolute Gasteiger partial charge is 0.502 e. The summed E-state index contributed by atoms with van der Waals surface area (Å²) in [6, 6.07) is 3.23. The van der Waals surface area contributed by atoms with Crippen LogP contribution in [0.15, 0.2) is 29.2 Å². The molecule has 2 aliphatic heterocycles. The first-order chi connectivity index (χ1) is 20.3. The minimum Gasteiger partial charge on any atom is -0.502 e. The van der Waals surface area contributed by atoms with Crippen LogP contribution in [0.25, 0.3) is 10.6 Å². The van der Waals surface area contributed by atoms with Crippen LogP contribution in [-0.2, 0) is 11.2 Å². The molecular formula is C29H31F3N6O4S. The van der Waals surface area contributed by atoms with Crippen molar-refractivity contribution in [2.45, 2.75) is 56.8 Å². The lowest BCUT2D eigenvalue weighted by atomic mass is 9.79. The fraction of sp³-hybridized carbons (Fsp3) is 0.483. The number of benzene rings is 1. The average Bonchev–Trinajstić information content (AvgIpc) is 3.59. The Morgan fingerprint density at radius 2 is 1.86 bits per heavy atom. The van der Waals surface area contributed by atoms with Gasteiger partial charge in [-0.1, -0.05) is 17.4 Å². The summed E-state index contributed by atoms with van der Waals surface area (Å²) in [6.45, 7) is 1.98. The van der Waals surface area contributed by atoms with E-state index in [4.69, 9.17) is 0 Å². The van der Waals surface area contributed by atoms with Gasteiger partial charge in [0.05, 0.1) is 12.1 Å². The molecule has 0 radical (unpaired) electrons. The van der Waals surface area contributed by atoms with E-state index in [9.17, 15) is 32.7 Å². The van der Waals surface area contributed by atoms with Crippen molar-refractivity contribution in [1.82, 2.24) is 24.7 Å². The summed E-state index contributed by atoms with van der Waals surface area (Å²) in [6.07, 6.45) is 3.62. The third-order valence-electron chi connectivity index (χ3n) is 9.15. The van der Waals surface area contributed by atoms with Gasteiger partial charge in [0, 0.05) is 51.7 Å². The third kappa shape index (κ3) is 4.85. The van der Waals surface area contributed by atoms with E-state index < -0.39 is 40.1 Å². The lowest BCUT2D eigenvalue weighted by Gasteiger charge is -2.55. The maximum atomic E-state index is 14.4. The lowest BCUT2D eigenvalue weighted by Crippen LogP contribution is -2.69. The van der Waals surface area contributed by atoms with E-state index in [1.807, 2.05) is 0 Å². The minimum atomic E-state index is -1.38. The fourth-order valence-electron chi connectivity index (χ4n) is 6.56. The molecule has 2 fully saturated rings. The molecular weight excluding hydrogens is 585 g/mol. The van der Waals surface area contributed by atoms with Crippen molar-refractivity contribution in [3.63, 3.8) is 0 Å². The summed E-state index contributed by atoms with van der Waals surface area (Å²) >= 11 is 1.02. The summed E-state index contributed by atoms with van der Waals surface area (Å²) in [5, 5.41) is 21.4. The Labute approximate surface area is 249 Å². The molecule has 1 unspecified atom stereocenters. The molecule has 6 rings (SSSR count). The van der Waals surface area contributed by atoms with Crippen molar-refractivity contribution >= 4 is 23.2 Å². The minimum absolute atomic E-state index is 0.0103. The van der Waals surface area contributed by atoms with Gasteiger partial charge in [-0.05, 0) is 44.2 Å². The number of aromatic nitrogens is 3. The number of carbonyl (C=O) groups excluding carboxylic acids is 2. The second kappa shape index (κ2) is 10.4. The van der Waals surface area contributed by atoms with Gasteiger partial charge >= 0.3 is 0 Å². The summed E-state index contributed by atoms with van der Waals surface area (Å²) in [7, 11) is 3.36. The molecule has 3 aliphatic rings. The number of fused-ring (bicyclic) bond motifs is 1. The number of nitrogens with zero attached hydrogens (tertiary/aromatic N) is 6. The average molecular weight is 617 g/mol. The van der Waals surface area contributed by atoms with Crippen molar-refractivity contribution in [2.24, 2.45) is 5.92 Å². The topological polar surface area (TPSA) is 112 Å². The molecule has 0 bridgehead atoms. The molecule has 1 saturated heterocycles. The van der Waals surface area contributed by atoms with Crippen LogP contribution in [0.2, 0.25) is 0 Å². The highest BCUT2D eigenvalue weighted by Crippen LogP contribution is 2.43. The van der Waals surface area contributed by atoms with Gasteiger partial charge < -0.3 is 14.9 Å².